The van der Waals surface area contributed by atoms with Gasteiger partial charge in [0, 0.05) is 21.3 Å². The van der Waals surface area contributed by atoms with Crippen LogP contribution in [0.3, 0.4) is 0 Å². The highest BCUT2D eigenvalue weighted by molar-refractivity contribution is 9.10. The van der Waals surface area contributed by atoms with Crippen molar-refractivity contribution in [2.75, 3.05) is 10.6 Å². The molecule has 2 aliphatic heterocycles. The first-order valence-corrected chi connectivity index (χ1v) is 7.84. The molecule has 23 heavy (non-hydrogen) atoms. The van der Waals surface area contributed by atoms with E-state index in [9.17, 15) is 10.0 Å². The van der Waals surface area contributed by atoms with Crippen LogP contribution < -0.4 is 10.6 Å². The average molecular weight is 370 g/mol. The van der Waals surface area contributed by atoms with E-state index in [-0.39, 0.29) is 5.91 Å². The highest BCUT2D eigenvalue weighted by Gasteiger charge is 2.34. The lowest BCUT2D eigenvalue weighted by atomic mass is 10.0. The number of hydrogen-bond acceptors (Lipinski definition) is 4. The number of carbonyl (C=O) groups is 1. The quantitative estimate of drug-likeness (QED) is 0.376. The zero-order chi connectivity index (χ0) is 16.1. The number of hydrogen-bond donors (Lipinski definition) is 3. The number of anilines is 2. The van der Waals surface area contributed by atoms with Crippen molar-refractivity contribution < 1.29 is 10.0 Å². The Balaban J connectivity index is 1.95. The molecule has 2 aromatic rings. The second-order valence-corrected chi connectivity index (χ2v) is 6.43. The first-order chi connectivity index (χ1) is 11.1. The van der Waals surface area contributed by atoms with Gasteiger partial charge >= 0.3 is 0 Å². The van der Waals surface area contributed by atoms with Crippen LogP contribution in [0.4, 0.5) is 11.4 Å². The van der Waals surface area contributed by atoms with Crippen molar-refractivity contribution in [2.45, 2.75) is 6.92 Å². The Labute approximate surface area is 140 Å². The van der Waals surface area contributed by atoms with Gasteiger partial charge in [0.05, 0.1) is 17.0 Å². The Hall–Kier alpha value is -2.60. The summed E-state index contributed by atoms with van der Waals surface area (Å²) in [5, 5.41) is 19.0. The van der Waals surface area contributed by atoms with Crippen molar-refractivity contribution in [1.82, 2.24) is 0 Å². The van der Waals surface area contributed by atoms with Crippen LogP contribution in [0.15, 0.2) is 51.7 Å². The molecule has 0 bridgehead atoms. The number of nitrogens with zero attached hydrogens (tertiary/aromatic N) is 1. The number of nitrogens with one attached hydrogen (secondary N) is 2. The molecule has 5 nitrogen and oxygen atoms in total. The van der Waals surface area contributed by atoms with Gasteiger partial charge in [-0.15, -0.1) is 0 Å². The fourth-order valence-electron chi connectivity index (χ4n) is 2.97. The molecule has 2 aromatic carbocycles. The lowest BCUT2D eigenvalue weighted by molar-refractivity contribution is -0.110. The summed E-state index contributed by atoms with van der Waals surface area (Å²) in [6.07, 6.45) is 0. The van der Waals surface area contributed by atoms with E-state index in [4.69, 9.17) is 0 Å². The smallest absolute Gasteiger partial charge is 0.258 e. The number of allylic oxidation sites excluding steroid dienone is 1. The Morgan fingerprint density at radius 1 is 1.04 bits per heavy atom. The predicted molar refractivity (Wildman–Crippen MR) is 92.8 cm³/mol. The molecule has 3 N–H and O–H groups in total. The number of fused-ring (bicyclic) bond motifs is 2. The summed E-state index contributed by atoms with van der Waals surface area (Å²) in [5.41, 5.74) is 5.56. The SMILES string of the molecule is Cc1ccc2c(c1)C(=N\O)/C(=C1/C(=O)Nc3cc(Br)ccc31)N2. The minimum atomic E-state index is -0.216. The molecule has 0 aliphatic carbocycles. The lowest BCUT2D eigenvalue weighted by Gasteiger charge is -2.05. The number of aryl methyl sites for hydroxylation is 1. The second-order valence-electron chi connectivity index (χ2n) is 5.52. The second kappa shape index (κ2) is 4.96. The van der Waals surface area contributed by atoms with Crippen LogP contribution in [-0.4, -0.2) is 16.8 Å². The molecular weight excluding hydrogens is 358 g/mol. The normalized spacial score (nSPS) is 20.3. The summed E-state index contributed by atoms with van der Waals surface area (Å²) in [7, 11) is 0. The van der Waals surface area contributed by atoms with Crippen LogP contribution in [0, 0.1) is 6.92 Å². The molecular formula is C17H12BrN3O2. The standard InChI is InChI=1S/C17H12BrN3O2/c1-8-2-5-12-11(6-8)15(21-23)16(19-12)14-10-4-3-9(18)7-13(10)20-17(14)22/h2-7,19,23H,1H3,(H,20,22)/b16-14-,21-15+. The minimum absolute atomic E-state index is 0.216. The maximum absolute atomic E-state index is 12.4. The predicted octanol–water partition coefficient (Wildman–Crippen LogP) is 3.72. The molecule has 1 amide bonds. The molecule has 0 saturated carbocycles. The summed E-state index contributed by atoms with van der Waals surface area (Å²) in [4.78, 5) is 12.4. The number of amides is 1. The van der Waals surface area contributed by atoms with Gasteiger partial charge in [-0.3, -0.25) is 4.79 Å². The maximum atomic E-state index is 12.4. The van der Waals surface area contributed by atoms with Crippen LogP contribution in [0.25, 0.3) is 5.57 Å². The van der Waals surface area contributed by atoms with Crippen molar-refractivity contribution in [3.63, 3.8) is 0 Å². The first-order valence-electron chi connectivity index (χ1n) is 7.04. The first kappa shape index (κ1) is 14.0. The van der Waals surface area contributed by atoms with Crippen LogP contribution in [0.1, 0.15) is 16.7 Å². The van der Waals surface area contributed by atoms with Gasteiger partial charge < -0.3 is 15.8 Å². The molecule has 6 heteroatoms. The van der Waals surface area contributed by atoms with Crippen LogP contribution in [-0.2, 0) is 4.79 Å². The maximum Gasteiger partial charge on any atom is 0.258 e. The van der Waals surface area contributed by atoms with E-state index in [1.165, 1.54) is 0 Å². The Morgan fingerprint density at radius 3 is 2.65 bits per heavy atom. The third-order valence-corrected chi connectivity index (χ3v) is 4.50. The van der Waals surface area contributed by atoms with Gasteiger partial charge in [0.1, 0.15) is 5.71 Å². The van der Waals surface area contributed by atoms with Crippen molar-refractivity contribution in [1.29, 1.82) is 0 Å². The lowest BCUT2D eigenvalue weighted by Crippen LogP contribution is -2.12. The van der Waals surface area contributed by atoms with Gasteiger partial charge in [-0.25, -0.2) is 0 Å². The monoisotopic (exact) mass is 369 g/mol. The van der Waals surface area contributed by atoms with Gasteiger partial charge in [0.2, 0.25) is 0 Å². The van der Waals surface area contributed by atoms with E-state index < -0.39 is 0 Å². The zero-order valence-corrected chi connectivity index (χ0v) is 13.7. The fourth-order valence-corrected chi connectivity index (χ4v) is 3.33. The average Bonchev–Trinajstić information content (AvgIpc) is 3.02. The number of halogens is 1. The summed E-state index contributed by atoms with van der Waals surface area (Å²) in [5.74, 6) is -0.216. The molecule has 0 atom stereocenters. The molecule has 0 fully saturated rings. The van der Waals surface area contributed by atoms with E-state index in [0.717, 1.165) is 32.5 Å². The van der Waals surface area contributed by atoms with Crippen molar-refractivity contribution >= 4 is 44.5 Å². The summed E-state index contributed by atoms with van der Waals surface area (Å²) < 4.78 is 0.886. The van der Waals surface area contributed by atoms with Gasteiger partial charge in [-0.2, -0.15) is 0 Å². The van der Waals surface area contributed by atoms with E-state index in [0.29, 0.717) is 17.0 Å². The number of rotatable bonds is 0. The van der Waals surface area contributed by atoms with Gasteiger partial charge in [-0.05, 0) is 31.2 Å². The molecule has 0 spiro atoms. The molecule has 0 saturated heterocycles. The summed E-state index contributed by atoms with van der Waals surface area (Å²) in [6.45, 7) is 1.97. The third-order valence-electron chi connectivity index (χ3n) is 4.00. The van der Waals surface area contributed by atoms with Crippen LogP contribution >= 0.6 is 15.9 Å². The summed E-state index contributed by atoms with van der Waals surface area (Å²) >= 11 is 3.40. The van der Waals surface area contributed by atoms with Crippen molar-refractivity contribution in [3.05, 3.63) is 63.3 Å². The third kappa shape index (κ3) is 2.06. The van der Waals surface area contributed by atoms with Gasteiger partial charge in [0.25, 0.3) is 5.91 Å². The Morgan fingerprint density at radius 2 is 1.87 bits per heavy atom. The fraction of sp³-hybridized carbons (Fsp3) is 0.0588. The number of benzene rings is 2. The molecule has 114 valence electrons. The minimum Gasteiger partial charge on any atom is -0.410 e. The molecule has 2 aliphatic rings. The van der Waals surface area contributed by atoms with Crippen molar-refractivity contribution in [2.24, 2.45) is 5.16 Å². The van der Waals surface area contributed by atoms with Gasteiger partial charge in [0.15, 0.2) is 0 Å². The Kier molecular flexibility index (Phi) is 3.02. The highest BCUT2D eigenvalue weighted by atomic mass is 79.9. The zero-order valence-electron chi connectivity index (χ0n) is 12.1. The molecule has 4 rings (SSSR count). The largest absolute Gasteiger partial charge is 0.410 e. The summed E-state index contributed by atoms with van der Waals surface area (Å²) in [6, 6.07) is 11.4. The van der Waals surface area contributed by atoms with E-state index in [2.05, 4.69) is 31.7 Å². The number of oxime groups is 1. The molecule has 0 radical (unpaired) electrons. The number of carbonyl (C=O) groups excluding carboxylic acids is 1. The van der Waals surface area contributed by atoms with E-state index in [1.54, 1.807) is 0 Å². The topological polar surface area (TPSA) is 73.7 Å². The highest BCUT2D eigenvalue weighted by Crippen LogP contribution is 2.40. The molecule has 0 unspecified atom stereocenters. The van der Waals surface area contributed by atoms with Crippen LogP contribution in [0.5, 0.6) is 0 Å². The van der Waals surface area contributed by atoms with E-state index in [1.807, 2.05) is 43.3 Å². The van der Waals surface area contributed by atoms with Crippen molar-refractivity contribution in [3.8, 4) is 0 Å². The Bertz CT molecular complexity index is 931. The molecule has 2 heterocycles. The van der Waals surface area contributed by atoms with Crippen LogP contribution in [0.2, 0.25) is 0 Å². The van der Waals surface area contributed by atoms with E-state index >= 15 is 0 Å². The molecule has 0 aromatic heterocycles. The van der Waals surface area contributed by atoms with Gasteiger partial charge in [-0.1, -0.05) is 38.8 Å².